The second-order valence-corrected chi connectivity index (χ2v) is 7.25. The number of ether oxygens (including phenoxy) is 1. The Morgan fingerprint density at radius 3 is 2.80 bits per heavy atom. The highest BCUT2D eigenvalue weighted by atomic mass is 35.5. The number of aryl methyl sites for hydroxylation is 2. The van der Waals surface area contributed by atoms with Crippen LogP contribution in [0.4, 0.5) is 0 Å². The zero-order chi connectivity index (χ0) is 18.0. The molecule has 3 rings (SSSR count). The van der Waals surface area contributed by atoms with Gasteiger partial charge >= 0.3 is 0 Å². The second kappa shape index (κ2) is 7.52. The molecular formula is C19H19ClN2O2S. The molecule has 1 aromatic heterocycles. The van der Waals surface area contributed by atoms with Crippen molar-refractivity contribution < 1.29 is 9.53 Å². The van der Waals surface area contributed by atoms with Crippen LogP contribution in [0.3, 0.4) is 0 Å². The Morgan fingerprint density at radius 2 is 2.08 bits per heavy atom. The number of benzene rings is 2. The van der Waals surface area contributed by atoms with Gasteiger partial charge in [-0.3, -0.25) is 4.79 Å². The van der Waals surface area contributed by atoms with Gasteiger partial charge in [0.05, 0.1) is 16.8 Å². The number of hydrogen-bond donors (Lipinski definition) is 0. The fourth-order valence-electron chi connectivity index (χ4n) is 2.72. The van der Waals surface area contributed by atoms with Gasteiger partial charge in [0.15, 0.2) is 4.80 Å². The van der Waals surface area contributed by atoms with Crippen LogP contribution in [-0.4, -0.2) is 24.2 Å². The molecule has 0 fully saturated rings. The third-order valence-corrected chi connectivity index (χ3v) is 5.46. The van der Waals surface area contributed by atoms with Gasteiger partial charge in [-0.2, -0.15) is 4.99 Å². The van der Waals surface area contributed by atoms with Crippen molar-refractivity contribution in [3.63, 3.8) is 0 Å². The molecule has 0 N–H and O–H groups in total. The largest absolute Gasteiger partial charge is 0.383 e. The van der Waals surface area contributed by atoms with Crippen molar-refractivity contribution in [2.45, 2.75) is 20.4 Å². The summed E-state index contributed by atoms with van der Waals surface area (Å²) in [6.07, 6.45) is 0. The molecule has 3 aromatic rings. The minimum atomic E-state index is -0.245. The molecule has 0 unspecified atom stereocenters. The molecule has 0 bridgehead atoms. The zero-order valence-corrected chi connectivity index (χ0v) is 15.9. The van der Waals surface area contributed by atoms with Crippen molar-refractivity contribution in [3.05, 3.63) is 62.9 Å². The number of hydrogen-bond acceptors (Lipinski definition) is 3. The van der Waals surface area contributed by atoms with Gasteiger partial charge in [0.25, 0.3) is 5.91 Å². The number of amides is 1. The normalized spacial score (nSPS) is 12.1. The van der Waals surface area contributed by atoms with E-state index in [9.17, 15) is 4.79 Å². The molecule has 6 heteroatoms. The smallest absolute Gasteiger partial charge is 0.279 e. The van der Waals surface area contributed by atoms with E-state index >= 15 is 0 Å². The van der Waals surface area contributed by atoms with E-state index < -0.39 is 0 Å². The summed E-state index contributed by atoms with van der Waals surface area (Å²) in [6, 6.07) is 11.3. The maximum absolute atomic E-state index is 12.6. The number of fused-ring (bicyclic) bond motifs is 1. The highest BCUT2D eigenvalue weighted by molar-refractivity contribution is 7.16. The van der Waals surface area contributed by atoms with E-state index in [2.05, 4.69) is 4.99 Å². The Bertz CT molecular complexity index is 1000. The monoisotopic (exact) mass is 374 g/mol. The molecule has 0 atom stereocenters. The van der Waals surface area contributed by atoms with Crippen LogP contribution in [0.5, 0.6) is 0 Å². The predicted octanol–water partition coefficient (Wildman–Crippen LogP) is 4.36. The van der Waals surface area contributed by atoms with Crippen LogP contribution in [0.15, 0.2) is 41.4 Å². The quantitative estimate of drug-likeness (QED) is 0.681. The molecule has 0 aliphatic carbocycles. The number of thiazole rings is 1. The minimum Gasteiger partial charge on any atom is -0.383 e. The van der Waals surface area contributed by atoms with Crippen molar-refractivity contribution in [2.75, 3.05) is 13.7 Å². The van der Waals surface area contributed by atoms with E-state index in [0.717, 1.165) is 21.3 Å². The number of methoxy groups -OCH3 is 1. The van der Waals surface area contributed by atoms with Gasteiger partial charge in [0.2, 0.25) is 0 Å². The van der Waals surface area contributed by atoms with E-state index in [0.29, 0.717) is 28.5 Å². The molecule has 4 nitrogen and oxygen atoms in total. The van der Waals surface area contributed by atoms with Crippen LogP contribution in [0, 0.1) is 13.8 Å². The lowest BCUT2D eigenvalue weighted by atomic mass is 10.1. The lowest BCUT2D eigenvalue weighted by Crippen LogP contribution is -2.19. The fourth-order valence-corrected chi connectivity index (χ4v) is 3.99. The van der Waals surface area contributed by atoms with Crippen molar-refractivity contribution in [1.29, 1.82) is 0 Å². The van der Waals surface area contributed by atoms with Crippen molar-refractivity contribution in [1.82, 2.24) is 4.57 Å². The van der Waals surface area contributed by atoms with Crippen LogP contribution in [0.25, 0.3) is 10.2 Å². The Morgan fingerprint density at radius 1 is 1.28 bits per heavy atom. The van der Waals surface area contributed by atoms with Crippen LogP contribution >= 0.6 is 22.9 Å². The summed E-state index contributed by atoms with van der Waals surface area (Å²) in [5.74, 6) is -0.245. The van der Waals surface area contributed by atoms with Gasteiger partial charge in [-0.15, -0.1) is 0 Å². The summed E-state index contributed by atoms with van der Waals surface area (Å²) >= 11 is 7.77. The molecule has 0 saturated heterocycles. The third kappa shape index (κ3) is 3.68. The first-order valence-electron chi connectivity index (χ1n) is 7.94. The molecule has 1 heterocycles. The van der Waals surface area contributed by atoms with E-state index in [-0.39, 0.29) is 5.91 Å². The SMILES string of the molecule is COCCn1c(=NC(=O)c2cccc(C)c2)sc2ccc(Cl)c(C)c21. The lowest BCUT2D eigenvalue weighted by Gasteiger charge is -2.07. The lowest BCUT2D eigenvalue weighted by molar-refractivity contribution is 0.0997. The van der Waals surface area contributed by atoms with Gasteiger partial charge < -0.3 is 9.30 Å². The number of halogens is 1. The summed E-state index contributed by atoms with van der Waals surface area (Å²) in [6.45, 7) is 5.08. The van der Waals surface area contributed by atoms with E-state index in [1.165, 1.54) is 11.3 Å². The number of carbonyl (C=O) groups is 1. The molecule has 1 amide bonds. The summed E-state index contributed by atoms with van der Waals surface area (Å²) in [5, 5.41) is 0.702. The van der Waals surface area contributed by atoms with Gasteiger partial charge in [0, 0.05) is 24.2 Å². The van der Waals surface area contributed by atoms with E-state index in [1.807, 2.05) is 48.7 Å². The summed E-state index contributed by atoms with van der Waals surface area (Å²) in [7, 11) is 1.66. The number of rotatable bonds is 4. The maximum Gasteiger partial charge on any atom is 0.279 e. The van der Waals surface area contributed by atoms with Crippen molar-refractivity contribution in [2.24, 2.45) is 4.99 Å². The van der Waals surface area contributed by atoms with Gasteiger partial charge in [-0.1, -0.05) is 40.6 Å². The number of nitrogens with zero attached hydrogens (tertiary/aromatic N) is 2. The zero-order valence-electron chi connectivity index (χ0n) is 14.4. The van der Waals surface area contributed by atoms with E-state index in [4.69, 9.17) is 16.3 Å². The first-order chi connectivity index (χ1) is 12.0. The standard InChI is InChI=1S/C19H19ClN2O2S/c1-12-5-4-6-14(11-12)18(23)21-19-22(9-10-24-3)17-13(2)15(20)7-8-16(17)25-19/h4-8,11H,9-10H2,1-3H3. The average Bonchev–Trinajstić information content (AvgIpc) is 2.94. The molecule has 25 heavy (non-hydrogen) atoms. The molecule has 0 aliphatic rings. The topological polar surface area (TPSA) is 43.6 Å². The van der Waals surface area contributed by atoms with Gasteiger partial charge in [-0.05, 0) is 43.7 Å². The Labute approximate surface area is 155 Å². The Hall–Kier alpha value is -1.95. The summed E-state index contributed by atoms with van der Waals surface area (Å²) < 4.78 is 8.28. The van der Waals surface area contributed by atoms with Crippen molar-refractivity contribution >= 4 is 39.1 Å². The maximum atomic E-state index is 12.6. The molecule has 130 valence electrons. The fraction of sp³-hybridized carbons (Fsp3) is 0.263. The van der Waals surface area contributed by atoms with Crippen molar-refractivity contribution in [3.8, 4) is 0 Å². The molecule has 2 aromatic carbocycles. The van der Waals surface area contributed by atoms with E-state index in [1.54, 1.807) is 13.2 Å². The van der Waals surface area contributed by atoms with Crippen LogP contribution in [-0.2, 0) is 11.3 Å². The average molecular weight is 375 g/mol. The molecule has 0 saturated carbocycles. The first-order valence-corrected chi connectivity index (χ1v) is 9.14. The Kier molecular flexibility index (Phi) is 5.37. The van der Waals surface area contributed by atoms with Crippen LogP contribution < -0.4 is 4.80 Å². The highest BCUT2D eigenvalue weighted by Crippen LogP contribution is 2.27. The third-order valence-electron chi connectivity index (χ3n) is 4.01. The minimum absolute atomic E-state index is 0.245. The first kappa shape index (κ1) is 17.9. The predicted molar refractivity (Wildman–Crippen MR) is 103 cm³/mol. The molecule has 0 spiro atoms. The van der Waals surface area contributed by atoms with Crippen LogP contribution in [0.1, 0.15) is 21.5 Å². The Balaban J connectivity index is 2.17. The van der Waals surface area contributed by atoms with Gasteiger partial charge in [-0.25, -0.2) is 0 Å². The summed E-state index contributed by atoms with van der Waals surface area (Å²) in [5.41, 5.74) is 3.61. The van der Waals surface area contributed by atoms with Gasteiger partial charge in [0.1, 0.15) is 0 Å². The molecular weight excluding hydrogens is 356 g/mol. The second-order valence-electron chi connectivity index (χ2n) is 5.83. The number of carbonyl (C=O) groups excluding carboxylic acids is 1. The highest BCUT2D eigenvalue weighted by Gasteiger charge is 2.13. The van der Waals surface area contributed by atoms with Crippen LogP contribution in [0.2, 0.25) is 5.02 Å². The molecule has 0 radical (unpaired) electrons. The summed E-state index contributed by atoms with van der Waals surface area (Å²) in [4.78, 5) is 17.6. The number of aromatic nitrogens is 1. The molecule has 0 aliphatic heterocycles.